The minimum absolute atomic E-state index is 0.611. The second-order valence-corrected chi connectivity index (χ2v) is 7.51. The van der Waals surface area contributed by atoms with Crippen LogP contribution in [0.15, 0.2) is 23.2 Å². The van der Waals surface area contributed by atoms with Gasteiger partial charge in [0.25, 0.3) is 0 Å². The van der Waals surface area contributed by atoms with Crippen molar-refractivity contribution in [3.05, 3.63) is 26.8 Å². The lowest BCUT2D eigenvalue weighted by Crippen LogP contribution is -2.17. The molecule has 0 fully saturated rings. The van der Waals surface area contributed by atoms with E-state index in [-0.39, 0.29) is 0 Å². The molecule has 104 valence electrons. The molecule has 1 aliphatic heterocycles. The summed E-state index contributed by atoms with van der Waals surface area (Å²) in [5, 5.41) is 5.71. The SMILES string of the molecule is CCC(CC)C1CN=C(Nc2ccc(I)cc2Cl)S1. The summed E-state index contributed by atoms with van der Waals surface area (Å²) in [6, 6.07) is 6.02. The Bertz CT molecular complexity index is 475. The Morgan fingerprint density at radius 1 is 1.47 bits per heavy atom. The first-order chi connectivity index (χ1) is 9.13. The van der Waals surface area contributed by atoms with E-state index in [0.29, 0.717) is 5.25 Å². The number of halogens is 2. The van der Waals surface area contributed by atoms with Gasteiger partial charge in [-0.2, -0.15) is 0 Å². The zero-order valence-electron chi connectivity index (χ0n) is 11.1. The molecule has 1 aromatic carbocycles. The van der Waals surface area contributed by atoms with Gasteiger partial charge in [-0.1, -0.05) is 50.1 Å². The van der Waals surface area contributed by atoms with Gasteiger partial charge in [0.15, 0.2) is 5.17 Å². The number of hydrogen-bond donors (Lipinski definition) is 1. The summed E-state index contributed by atoms with van der Waals surface area (Å²) in [6.45, 7) is 5.44. The average molecular weight is 409 g/mol. The molecule has 19 heavy (non-hydrogen) atoms. The van der Waals surface area contributed by atoms with Crippen molar-refractivity contribution >= 4 is 56.8 Å². The molecule has 1 aromatic rings. The van der Waals surface area contributed by atoms with Gasteiger partial charge >= 0.3 is 0 Å². The van der Waals surface area contributed by atoms with Gasteiger partial charge in [-0.05, 0) is 46.7 Å². The molecule has 0 amide bonds. The first kappa shape index (κ1) is 15.4. The van der Waals surface area contributed by atoms with E-state index < -0.39 is 0 Å². The molecule has 0 aliphatic carbocycles. The molecular weight excluding hydrogens is 391 g/mol. The predicted molar refractivity (Wildman–Crippen MR) is 95.5 cm³/mol. The van der Waals surface area contributed by atoms with Crippen LogP contribution in [0.1, 0.15) is 26.7 Å². The largest absolute Gasteiger partial charge is 0.334 e. The highest BCUT2D eigenvalue weighted by Crippen LogP contribution is 2.33. The molecule has 0 saturated carbocycles. The van der Waals surface area contributed by atoms with Gasteiger partial charge in [0.05, 0.1) is 17.3 Å². The Morgan fingerprint density at radius 3 is 2.84 bits per heavy atom. The van der Waals surface area contributed by atoms with Crippen molar-refractivity contribution in [1.82, 2.24) is 0 Å². The van der Waals surface area contributed by atoms with Crippen LogP contribution in [0.3, 0.4) is 0 Å². The van der Waals surface area contributed by atoms with Gasteiger partial charge in [0.2, 0.25) is 0 Å². The molecule has 2 rings (SSSR count). The summed E-state index contributed by atoms with van der Waals surface area (Å²) in [4.78, 5) is 4.60. The highest BCUT2D eigenvalue weighted by atomic mass is 127. The van der Waals surface area contributed by atoms with Crippen molar-refractivity contribution < 1.29 is 0 Å². The van der Waals surface area contributed by atoms with Crippen LogP contribution in [0, 0.1) is 9.49 Å². The molecule has 1 heterocycles. The van der Waals surface area contributed by atoms with E-state index in [1.54, 1.807) is 0 Å². The van der Waals surface area contributed by atoms with Crippen LogP contribution in [-0.4, -0.2) is 17.0 Å². The molecule has 0 saturated heterocycles. The van der Waals surface area contributed by atoms with E-state index in [2.05, 4.69) is 46.7 Å². The van der Waals surface area contributed by atoms with Crippen LogP contribution in [-0.2, 0) is 0 Å². The number of rotatable bonds is 4. The maximum atomic E-state index is 6.23. The minimum atomic E-state index is 0.611. The standard InChI is InChI=1S/C14H18ClIN2S/c1-3-9(4-2)13-8-17-14(19-13)18-12-6-5-10(16)7-11(12)15/h5-7,9,13H,3-4,8H2,1-2H3,(H,17,18). The van der Waals surface area contributed by atoms with Gasteiger partial charge in [-0.15, -0.1) is 0 Å². The molecule has 0 bridgehead atoms. The highest BCUT2D eigenvalue weighted by Gasteiger charge is 2.26. The zero-order valence-corrected chi connectivity index (χ0v) is 14.8. The number of hydrogen-bond acceptors (Lipinski definition) is 3. The van der Waals surface area contributed by atoms with Crippen LogP contribution in [0.25, 0.3) is 0 Å². The van der Waals surface area contributed by atoms with E-state index in [9.17, 15) is 0 Å². The Labute approximate surface area is 137 Å². The van der Waals surface area contributed by atoms with Crippen molar-refractivity contribution in [1.29, 1.82) is 0 Å². The lowest BCUT2D eigenvalue weighted by Gasteiger charge is -2.18. The molecular formula is C14H18ClIN2S. The zero-order chi connectivity index (χ0) is 13.8. The van der Waals surface area contributed by atoms with Gasteiger partial charge in [0, 0.05) is 8.82 Å². The quantitative estimate of drug-likeness (QED) is 0.687. The third-order valence-corrected chi connectivity index (χ3v) is 5.70. The Morgan fingerprint density at radius 2 is 2.21 bits per heavy atom. The minimum Gasteiger partial charge on any atom is -0.334 e. The summed E-state index contributed by atoms with van der Waals surface area (Å²) < 4.78 is 1.14. The molecule has 5 heteroatoms. The molecule has 1 atom stereocenters. The number of benzene rings is 1. The van der Waals surface area contributed by atoms with Gasteiger partial charge in [0.1, 0.15) is 0 Å². The summed E-state index contributed by atoms with van der Waals surface area (Å²) in [5.74, 6) is 0.750. The number of aliphatic imine (C=N–C) groups is 1. The van der Waals surface area contributed by atoms with Gasteiger partial charge in [-0.25, -0.2) is 0 Å². The fourth-order valence-electron chi connectivity index (χ4n) is 2.23. The third-order valence-electron chi connectivity index (χ3n) is 3.43. The average Bonchev–Trinajstić information content (AvgIpc) is 2.83. The second kappa shape index (κ2) is 7.18. The fourth-order valence-corrected chi connectivity index (χ4v) is 4.46. The van der Waals surface area contributed by atoms with Crippen molar-refractivity contribution in [3.8, 4) is 0 Å². The lowest BCUT2D eigenvalue weighted by atomic mass is 9.99. The Balaban J connectivity index is 1.98. The van der Waals surface area contributed by atoms with Gasteiger partial charge < -0.3 is 5.32 Å². The molecule has 1 unspecified atom stereocenters. The van der Waals surface area contributed by atoms with E-state index >= 15 is 0 Å². The summed E-state index contributed by atoms with van der Waals surface area (Å²) in [7, 11) is 0. The number of thioether (sulfide) groups is 1. The first-order valence-electron chi connectivity index (χ1n) is 6.57. The smallest absolute Gasteiger partial charge is 0.161 e. The van der Waals surface area contributed by atoms with E-state index in [1.807, 2.05) is 30.0 Å². The first-order valence-corrected chi connectivity index (χ1v) is 8.90. The lowest BCUT2D eigenvalue weighted by molar-refractivity contribution is 0.479. The molecule has 1 N–H and O–H groups in total. The summed E-state index contributed by atoms with van der Waals surface area (Å²) >= 11 is 10.3. The predicted octanol–water partition coefficient (Wildman–Crippen LogP) is 5.26. The third kappa shape index (κ3) is 4.02. The molecule has 0 spiro atoms. The van der Waals surface area contributed by atoms with E-state index in [0.717, 1.165) is 31.9 Å². The van der Waals surface area contributed by atoms with Crippen LogP contribution < -0.4 is 5.32 Å². The van der Waals surface area contributed by atoms with Crippen molar-refractivity contribution in [2.24, 2.45) is 10.9 Å². The number of anilines is 1. The van der Waals surface area contributed by atoms with Gasteiger partial charge in [-0.3, -0.25) is 4.99 Å². The second-order valence-electron chi connectivity index (χ2n) is 4.63. The fraction of sp³-hybridized carbons (Fsp3) is 0.500. The summed E-state index contributed by atoms with van der Waals surface area (Å²) in [6.07, 6.45) is 2.45. The number of nitrogens with one attached hydrogen (secondary N) is 1. The topological polar surface area (TPSA) is 24.4 Å². The normalized spacial score (nSPS) is 18.8. The van der Waals surface area contributed by atoms with E-state index in [1.165, 1.54) is 12.8 Å². The maximum absolute atomic E-state index is 6.23. The van der Waals surface area contributed by atoms with Crippen molar-refractivity contribution in [2.45, 2.75) is 31.9 Å². The van der Waals surface area contributed by atoms with Crippen LogP contribution in [0.2, 0.25) is 5.02 Å². The number of nitrogens with zero attached hydrogens (tertiary/aromatic N) is 1. The monoisotopic (exact) mass is 408 g/mol. The summed E-state index contributed by atoms with van der Waals surface area (Å²) in [5.41, 5.74) is 0.943. The maximum Gasteiger partial charge on any atom is 0.161 e. The molecule has 0 radical (unpaired) electrons. The Kier molecular flexibility index (Phi) is 5.84. The molecule has 0 aromatic heterocycles. The van der Waals surface area contributed by atoms with Crippen LogP contribution in [0.5, 0.6) is 0 Å². The van der Waals surface area contributed by atoms with E-state index in [4.69, 9.17) is 11.6 Å². The van der Waals surface area contributed by atoms with Crippen molar-refractivity contribution in [2.75, 3.05) is 11.9 Å². The molecule has 1 aliphatic rings. The highest BCUT2D eigenvalue weighted by molar-refractivity contribution is 14.1. The molecule has 2 nitrogen and oxygen atoms in total. The number of amidine groups is 1. The van der Waals surface area contributed by atoms with Crippen molar-refractivity contribution in [3.63, 3.8) is 0 Å². The van der Waals surface area contributed by atoms with Crippen LogP contribution in [0.4, 0.5) is 5.69 Å². The van der Waals surface area contributed by atoms with Crippen LogP contribution >= 0.6 is 46.0 Å². The Hall–Kier alpha value is 0.0600.